The molecule has 14 heavy (non-hydrogen) atoms. The van der Waals surface area contributed by atoms with Crippen LogP contribution in [0.15, 0.2) is 17.5 Å². The predicted octanol–water partition coefficient (Wildman–Crippen LogP) is 1.97. The molecule has 7 heteroatoms. The Balaban J connectivity index is 2.30. The Bertz CT molecular complexity index is 296. The fraction of sp³-hybridized carbons (Fsp3) is 0.286. The van der Waals surface area contributed by atoms with Crippen LogP contribution in [-0.4, -0.2) is 18.7 Å². The summed E-state index contributed by atoms with van der Waals surface area (Å²) >= 11 is 1.12. The van der Waals surface area contributed by atoms with Gasteiger partial charge in [-0.3, -0.25) is 9.63 Å². The minimum Gasteiger partial charge on any atom is -0.266 e. The topological polar surface area (TPSA) is 38.3 Å². The summed E-state index contributed by atoms with van der Waals surface area (Å²) in [5.41, 5.74) is 1.69. The van der Waals surface area contributed by atoms with E-state index in [0.29, 0.717) is 4.88 Å². The number of hydroxylamine groups is 1. The highest BCUT2D eigenvalue weighted by Crippen LogP contribution is 2.14. The summed E-state index contributed by atoms with van der Waals surface area (Å²) in [7, 11) is 0. The van der Waals surface area contributed by atoms with E-state index < -0.39 is 18.7 Å². The van der Waals surface area contributed by atoms with Crippen molar-refractivity contribution in [3.05, 3.63) is 22.4 Å². The zero-order valence-electron chi connectivity index (χ0n) is 6.80. The number of halogens is 3. The summed E-state index contributed by atoms with van der Waals surface area (Å²) in [6.07, 6.45) is -4.44. The number of thiophene rings is 1. The third-order valence-electron chi connectivity index (χ3n) is 1.15. The first-order valence-electron chi connectivity index (χ1n) is 3.51. The maximum atomic E-state index is 11.6. The molecule has 3 nitrogen and oxygen atoms in total. The normalized spacial score (nSPS) is 11.4. The highest BCUT2D eigenvalue weighted by Gasteiger charge is 2.28. The smallest absolute Gasteiger partial charge is 0.266 e. The molecule has 0 aliphatic heterocycles. The van der Waals surface area contributed by atoms with Gasteiger partial charge in [-0.25, -0.2) is 5.48 Å². The van der Waals surface area contributed by atoms with Crippen LogP contribution < -0.4 is 5.48 Å². The van der Waals surface area contributed by atoms with Crippen LogP contribution >= 0.6 is 11.3 Å². The molecule has 0 bridgehead atoms. The molecule has 1 aromatic heterocycles. The lowest BCUT2D eigenvalue weighted by Gasteiger charge is -2.06. The van der Waals surface area contributed by atoms with E-state index in [0.717, 1.165) is 11.3 Å². The van der Waals surface area contributed by atoms with Gasteiger partial charge in [0.1, 0.15) is 0 Å². The van der Waals surface area contributed by atoms with Gasteiger partial charge in [-0.2, -0.15) is 13.2 Å². The Kier molecular flexibility index (Phi) is 3.48. The molecule has 0 saturated carbocycles. The maximum absolute atomic E-state index is 11.6. The summed E-state index contributed by atoms with van der Waals surface area (Å²) in [6.45, 7) is -1.50. The Labute approximate surface area is 81.4 Å². The predicted molar refractivity (Wildman–Crippen MR) is 43.8 cm³/mol. The molecule has 0 aliphatic carbocycles. The molecule has 0 fully saturated rings. The first-order chi connectivity index (χ1) is 6.49. The van der Waals surface area contributed by atoms with Crippen molar-refractivity contribution in [2.75, 3.05) is 6.61 Å². The van der Waals surface area contributed by atoms with E-state index in [2.05, 4.69) is 4.84 Å². The van der Waals surface area contributed by atoms with E-state index in [1.165, 1.54) is 6.07 Å². The monoisotopic (exact) mass is 225 g/mol. The highest BCUT2D eigenvalue weighted by atomic mass is 32.1. The highest BCUT2D eigenvalue weighted by molar-refractivity contribution is 7.12. The van der Waals surface area contributed by atoms with Crippen molar-refractivity contribution < 1.29 is 22.8 Å². The molecule has 0 saturated heterocycles. The Morgan fingerprint density at radius 1 is 1.57 bits per heavy atom. The molecule has 1 aromatic rings. The average molecular weight is 225 g/mol. The summed E-state index contributed by atoms with van der Waals surface area (Å²) in [4.78, 5) is 15.3. The molecule has 1 heterocycles. The molecule has 78 valence electrons. The van der Waals surface area contributed by atoms with Crippen molar-refractivity contribution in [1.82, 2.24) is 5.48 Å². The van der Waals surface area contributed by atoms with Crippen molar-refractivity contribution in [1.29, 1.82) is 0 Å². The van der Waals surface area contributed by atoms with Crippen molar-refractivity contribution in [2.45, 2.75) is 6.18 Å². The first kappa shape index (κ1) is 11.0. The van der Waals surface area contributed by atoms with Crippen LogP contribution in [0, 0.1) is 0 Å². The van der Waals surface area contributed by atoms with Gasteiger partial charge in [-0.05, 0) is 11.4 Å². The number of carbonyl (C=O) groups excluding carboxylic acids is 1. The van der Waals surface area contributed by atoms with Crippen molar-refractivity contribution in [2.24, 2.45) is 0 Å². The van der Waals surface area contributed by atoms with Crippen LogP contribution in [0.2, 0.25) is 0 Å². The summed E-state index contributed by atoms with van der Waals surface area (Å²) in [5.74, 6) is -0.677. The lowest BCUT2D eigenvalue weighted by molar-refractivity contribution is -0.184. The second kappa shape index (κ2) is 4.43. The number of hydrogen-bond acceptors (Lipinski definition) is 3. The molecule has 0 aliphatic rings. The van der Waals surface area contributed by atoms with Crippen LogP contribution in [0.25, 0.3) is 0 Å². The molecule has 0 unspecified atom stereocenters. The van der Waals surface area contributed by atoms with Crippen LogP contribution in [0.1, 0.15) is 9.67 Å². The fourth-order valence-corrected chi connectivity index (χ4v) is 1.25. The summed E-state index contributed by atoms with van der Waals surface area (Å²) < 4.78 is 34.7. The van der Waals surface area contributed by atoms with Gasteiger partial charge in [-0.15, -0.1) is 11.3 Å². The molecule has 1 N–H and O–H groups in total. The molecule has 1 amide bonds. The zero-order valence-corrected chi connectivity index (χ0v) is 7.61. The van der Waals surface area contributed by atoms with Gasteiger partial charge in [0.2, 0.25) is 0 Å². The van der Waals surface area contributed by atoms with E-state index in [9.17, 15) is 18.0 Å². The first-order valence-corrected chi connectivity index (χ1v) is 4.39. The fourth-order valence-electron chi connectivity index (χ4n) is 0.642. The van der Waals surface area contributed by atoms with Gasteiger partial charge in [-0.1, -0.05) is 6.07 Å². The third-order valence-corrected chi connectivity index (χ3v) is 2.01. The quantitative estimate of drug-likeness (QED) is 0.799. The number of carbonyl (C=O) groups is 1. The van der Waals surface area contributed by atoms with Gasteiger partial charge in [0.25, 0.3) is 5.91 Å². The van der Waals surface area contributed by atoms with E-state index in [1.54, 1.807) is 16.9 Å². The largest absolute Gasteiger partial charge is 0.414 e. The zero-order chi connectivity index (χ0) is 10.6. The Hall–Kier alpha value is -1.08. The number of nitrogens with one attached hydrogen (secondary N) is 1. The van der Waals surface area contributed by atoms with Gasteiger partial charge in [0.05, 0.1) is 4.88 Å². The van der Waals surface area contributed by atoms with Gasteiger partial charge in [0, 0.05) is 0 Å². The Morgan fingerprint density at radius 2 is 2.29 bits per heavy atom. The lowest BCUT2D eigenvalue weighted by atomic mass is 10.5. The van der Waals surface area contributed by atoms with Gasteiger partial charge >= 0.3 is 6.18 Å². The van der Waals surface area contributed by atoms with E-state index in [-0.39, 0.29) is 0 Å². The molecule has 0 spiro atoms. The molecule has 0 radical (unpaired) electrons. The van der Waals surface area contributed by atoms with Crippen molar-refractivity contribution >= 4 is 17.2 Å². The number of rotatable bonds is 3. The van der Waals surface area contributed by atoms with Crippen LogP contribution in [0.3, 0.4) is 0 Å². The SMILES string of the molecule is O=C(NOCC(F)(F)F)c1cccs1. The van der Waals surface area contributed by atoms with Gasteiger partial charge < -0.3 is 0 Å². The van der Waals surface area contributed by atoms with Crippen molar-refractivity contribution in [3.8, 4) is 0 Å². The molecule has 1 rings (SSSR count). The van der Waals surface area contributed by atoms with Gasteiger partial charge in [0.15, 0.2) is 6.61 Å². The number of hydrogen-bond donors (Lipinski definition) is 1. The van der Waals surface area contributed by atoms with E-state index in [1.807, 2.05) is 0 Å². The molecular formula is C7H6F3NO2S. The van der Waals surface area contributed by atoms with Crippen LogP contribution in [0.5, 0.6) is 0 Å². The van der Waals surface area contributed by atoms with E-state index in [4.69, 9.17) is 0 Å². The second-order valence-corrected chi connectivity index (χ2v) is 3.26. The Morgan fingerprint density at radius 3 is 2.79 bits per heavy atom. The summed E-state index contributed by atoms with van der Waals surface area (Å²) in [6, 6.07) is 3.10. The van der Waals surface area contributed by atoms with Crippen LogP contribution in [-0.2, 0) is 4.84 Å². The maximum Gasteiger partial charge on any atom is 0.414 e. The van der Waals surface area contributed by atoms with E-state index >= 15 is 0 Å². The number of amides is 1. The molecular weight excluding hydrogens is 219 g/mol. The van der Waals surface area contributed by atoms with Crippen molar-refractivity contribution in [3.63, 3.8) is 0 Å². The minimum atomic E-state index is -4.44. The lowest BCUT2D eigenvalue weighted by Crippen LogP contribution is -2.29. The standard InChI is InChI=1S/C7H6F3NO2S/c8-7(9,10)4-13-11-6(12)5-2-1-3-14-5/h1-3H,4H2,(H,11,12). The average Bonchev–Trinajstić information content (AvgIpc) is 2.53. The minimum absolute atomic E-state index is 0.298. The molecule has 0 atom stereocenters. The molecule has 0 aromatic carbocycles. The third kappa shape index (κ3) is 3.75. The van der Waals surface area contributed by atoms with Crippen LogP contribution in [0.4, 0.5) is 13.2 Å². The second-order valence-electron chi connectivity index (χ2n) is 2.31. The summed E-state index contributed by atoms with van der Waals surface area (Å²) in [5, 5.41) is 1.64. The number of alkyl halides is 3.